The maximum absolute atomic E-state index is 12.6. The molecular formula is C20H22N2O3. The minimum atomic E-state index is -0.185. The first kappa shape index (κ1) is 17.0. The van der Waals surface area contributed by atoms with Gasteiger partial charge in [0, 0.05) is 26.2 Å². The summed E-state index contributed by atoms with van der Waals surface area (Å²) in [6.07, 6.45) is 1.12. The van der Waals surface area contributed by atoms with Crippen molar-refractivity contribution < 1.29 is 14.7 Å². The lowest BCUT2D eigenvalue weighted by molar-refractivity contribution is -0.130. The van der Waals surface area contributed by atoms with Crippen LogP contribution in [0.15, 0.2) is 54.6 Å². The smallest absolute Gasteiger partial charge is 0.257 e. The summed E-state index contributed by atoms with van der Waals surface area (Å²) in [5.41, 5.74) is 1.31. The highest BCUT2D eigenvalue weighted by atomic mass is 16.3. The predicted octanol–water partition coefficient (Wildman–Crippen LogP) is 2.31. The number of hydrogen-bond donors (Lipinski definition) is 1. The fraction of sp³-hybridized carbons (Fsp3) is 0.300. The van der Waals surface area contributed by atoms with Crippen molar-refractivity contribution in [1.29, 1.82) is 0 Å². The monoisotopic (exact) mass is 338 g/mol. The summed E-state index contributed by atoms with van der Waals surface area (Å²) in [6, 6.07) is 16.3. The van der Waals surface area contributed by atoms with Crippen LogP contribution in [0.5, 0.6) is 5.75 Å². The molecule has 0 bridgehead atoms. The number of aromatic hydroxyl groups is 1. The molecule has 5 nitrogen and oxygen atoms in total. The van der Waals surface area contributed by atoms with Crippen molar-refractivity contribution >= 4 is 11.8 Å². The Morgan fingerprint density at radius 2 is 1.48 bits per heavy atom. The van der Waals surface area contributed by atoms with Gasteiger partial charge in [0.15, 0.2) is 0 Å². The average molecular weight is 338 g/mol. The van der Waals surface area contributed by atoms with Crippen LogP contribution in [0.1, 0.15) is 22.3 Å². The van der Waals surface area contributed by atoms with Crippen molar-refractivity contribution in [3.63, 3.8) is 0 Å². The Hall–Kier alpha value is -2.82. The second kappa shape index (κ2) is 7.83. The molecule has 2 aromatic rings. The molecule has 1 heterocycles. The molecular weight excluding hydrogens is 316 g/mol. The third-order valence-electron chi connectivity index (χ3n) is 4.47. The zero-order valence-corrected chi connectivity index (χ0v) is 14.1. The van der Waals surface area contributed by atoms with Gasteiger partial charge < -0.3 is 14.9 Å². The highest BCUT2D eigenvalue weighted by Crippen LogP contribution is 2.19. The number of phenols is 1. The van der Waals surface area contributed by atoms with Crippen molar-refractivity contribution in [1.82, 2.24) is 9.80 Å². The number of nitrogens with zero attached hydrogens (tertiary/aromatic N) is 2. The number of carbonyl (C=O) groups is 2. The number of phenolic OH excluding ortho intramolecular Hbond substituents is 1. The van der Waals surface area contributed by atoms with Crippen molar-refractivity contribution in [3.05, 3.63) is 65.7 Å². The summed E-state index contributed by atoms with van der Waals surface area (Å²) in [5.74, 6) is -0.104. The summed E-state index contributed by atoms with van der Waals surface area (Å²) in [7, 11) is 0. The third-order valence-corrected chi connectivity index (χ3v) is 4.47. The fourth-order valence-corrected chi connectivity index (χ4v) is 3.08. The Bertz CT molecular complexity index is 746. The van der Waals surface area contributed by atoms with Crippen LogP contribution in [-0.4, -0.2) is 52.9 Å². The molecule has 0 radical (unpaired) electrons. The summed E-state index contributed by atoms with van der Waals surface area (Å²) < 4.78 is 0. The number of hydrogen-bond acceptors (Lipinski definition) is 3. The Morgan fingerprint density at radius 1 is 0.840 bits per heavy atom. The molecule has 0 aromatic heterocycles. The van der Waals surface area contributed by atoms with E-state index in [9.17, 15) is 14.7 Å². The van der Waals surface area contributed by atoms with Gasteiger partial charge in [-0.2, -0.15) is 0 Å². The van der Waals surface area contributed by atoms with E-state index in [-0.39, 0.29) is 17.6 Å². The first-order chi connectivity index (χ1) is 12.1. The molecule has 1 fully saturated rings. The largest absolute Gasteiger partial charge is 0.507 e. The molecule has 130 valence electrons. The van der Waals surface area contributed by atoms with Gasteiger partial charge in [-0.1, -0.05) is 42.5 Å². The molecule has 2 amide bonds. The molecule has 3 rings (SSSR count). The molecule has 5 heteroatoms. The zero-order chi connectivity index (χ0) is 17.6. The van der Waals surface area contributed by atoms with Gasteiger partial charge in [-0.3, -0.25) is 9.59 Å². The first-order valence-corrected chi connectivity index (χ1v) is 8.54. The third kappa shape index (κ3) is 4.18. The van der Waals surface area contributed by atoms with E-state index in [0.29, 0.717) is 38.2 Å². The molecule has 0 saturated carbocycles. The average Bonchev–Trinajstić information content (AvgIpc) is 2.89. The Morgan fingerprint density at radius 3 is 2.24 bits per heavy atom. The van der Waals surface area contributed by atoms with Gasteiger partial charge in [0.25, 0.3) is 5.91 Å². The van der Waals surface area contributed by atoms with E-state index in [1.165, 1.54) is 6.07 Å². The lowest BCUT2D eigenvalue weighted by Crippen LogP contribution is -2.38. The van der Waals surface area contributed by atoms with Gasteiger partial charge in [-0.25, -0.2) is 0 Å². The van der Waals surface area contributed by atoms with Crippen LogP contribution in [0.2, 0.25) is 0 Å². The normalized spacial score (nSPS) is 14.9. The van der Waals surface area contributed by atoms with E-state index >= 15 is 0 Å². The molecule has 0 spiro atoms. The van der Waals surface area contributed by atoms with Crippen molar-refractivity contribution in [2.45, 2.75) is 12.8 Å². The van der Waals surface area contributed by atoms with E-state index in [0.717, 1.165) is 12.0 Å². The summed E-state index contributed by atoms with van der Waals surface area (Å²) in [5, 5.41) is 9.87. The van der Waals surface area contributed by atoms with Crippen molar-refractivity contribution in [3.8, 4) is 5.75 Å². The second-order valence-corrected chi connectivity index (χ2v) is 6.21. The Balaban J connectivity index is 1.61. The summed E-state index contributed by atoms with van der Waals surface area (Å²) in [4.78, 5) is 28.6. The lowest BCUT2D eigenvalue weighted by Gasteiger charge is -2.22. The van der Waals surface area contributed by atoms with Crippen LogP contribution in [0.25, 0.3) is 0 Å². The molecule has 1 aliphatic rings. The molecule has 25 heavy (non-hydrogen) atoms. The zero-order valence-electron chi connectivity index (χ0n) is 14.1. The highest BCUT2D eigenvalue weighted by Gasteiger charge is 2.24. The van der Waals surface area contributed by atoms with Crippen LogP contribution in [0.3, 0.4) is 0 Å². The van der Waals surface area contributed by atoms with Gasteiger partial charge in [0.2, 0.25) is 5.91 Å². The standard InChI is InChI=1S/C20H22N2O3/c23-18-10-5-4-9-17(18)20(25)22-12-6-11-21(13-14-22)19(24)15-16-7-2-1-3-8-16/h1-5,7-10,23H,6,11-15H2. The quantitative estimate of drug-likeness (QED) is 0.934. The Labute approximate surface area is 147 Å². The van der Waals surface area contributed by atoms with E-state index < -0.39 is 0 Å². The van der Waals surface area contributed by atoms with Crippen molar-refractivity contribution in [2.75, 3.05) is 26.2 Å². The fourth-order valence-electron chi connectivity index (χ4n) is 3.08. The van der Waals surface area contributed by atoms with Gasteiger partial charge in [0.1, 0.15) is 5.75 Å². The highest BCUT2D eigenvalue weighted by molar-refractivity contribution is 5.96. The molecule has 0 unspecified atom stereocenters. The molecule has 1 N–H and O–H groups in total. The molecule has 1 aliphatic heterocycles. The number of rotatable bonds is 3. The van der Waals surface area contributed by atoms with E-state index in [1.54, 1.807) is 23.1 Å². The molecule has 2 aromatic carbocycles. The SMILES string of the molecule is O=C(Cc1ccccc1)N1CCCN(C(=O)c2ccccc2O)CC1. The number of carbonyl (C=O) groups excluding carboxylic acids is 2. The predicted molar refractivity (Wildman–Crippen MR) is 95.4 cm³/mol. The molecule has 0 atom stereocenters. The number of para-hydroxylation sites is 1. The number of amides is 2. The summed E-state index contributed by atoms with van der Waals surface area (Å²) in [6.45, 7) is 2.23. The van der Waals surface area contributed by atoms with E-state index in [2.05, 4.69) is 0 Å². The minimum Gasteiger partial charge on any atom is -0.507 e. The Kier molecular flexibility index (Phi) is 5.33. The minimum absolute atomic E-state index is 0.00578. The van der Waals surface area contributed by atoms with Crippen molar-refractivity contribution in [2.24, 2.45) is 0 Å². The first-order valence-electron chi connectivity index (χ1n) is 8.54. The molecule has 1 saturated heterocycles. The van der Waals surface area contributed by atoms with Crippen LogP contribution >= 0.6 is 0 Å². The van der Waals surface area contributed by atoms with Crippen LogP contribution in [-0.2, 0) is 11.2 Å². The second-order valence-electron chi connectivity index (χ2n) is 6.21. The van der Waals surface area contributed by atoms with Gasteiger partial charge in [0.05, 0.1) is 12.0 Å². The summed E-state index contributed by atoms with van der Waals surface area (Å²) >= 11 is 0. The van der Waals surface area contributed by atoms with Crippen LogP contribution in [0.4, 0.5) is 0 Å². The maximum atomic E-state index is 12.6. The van der Waals surface area contributed by atoms with Gasteiger partial charge in [-0.05, 0) is 24.1 Å². The van der Waals surface area contributed by atoms with Gasteiger partial charge in [-0.15, -0.1) is 0 Å². The lowest BCUT2D eigenvalue weighted by atomic mass is 10.1. The van der Waals surface area contributed by atoms with E-state index in [4.69, 9.17) is 0 Å². The van der Waals surface area contributed by atoms with Crippen LogP contribution in [0, 0.1) is 0 Å². The van der Waals surface area contributed by atoms with Gasteiger partial charge >= 0.3 is 0 Å². The van der Waals surface area contributed by atoms with E-state index in [1.807, 2.05) is 35.2 Å². The molecule has 0 aliphatic carbocycles. The number of benzene rings is 2. The van der Waals surface area contributed by atoms with Crippen LogP contribution < -0.4 is 0 Å². The topological polar surface area (TPSA) is 60.9 Å². The maximum Gasteiger partial charge on any atom is 0.257 e.